The monoisotopic (exact) mass is 192 g/mol. The van der Waals surface area contributed by atoms with E-state index in [4.69, 9.17) is 10.2 Å². The SMILES string of the molecule is CCOC(OCC)(C(=O)O)C(=O)O. The third kappa shape index (κ3) is 2.40. The third-order valence-electron chi connectivity index (χ3n) is 1.26. The number of hydrogen-bond donors (Lipinski definition) is 2. The zero-order valence-electron chi connectivity index (χ0n) is 7.44. The highest BCUT2D eigenvalue weighted by Gasteiger charge is 2.49. The van der Waals surface area contributed by atoms with Crippen LogP contribution in [0, 0.1) is 0 Å². The fraction of sp³-hybridized carbons (Fsp3) is 0.714. The molecule has 6 heteroatoms. The largest absolute Gasteiger partial charge is 0.477 e. The second-order valence-corrected chi connectivity index (χ2v) is 2.09. The van der Waals surface area contributed by atoms with Gasteiger partial charge in [0.15, 0.2) is 0 Å². The van der Waals surface area contributed by atoms with Crippen molar-refractivity contribution >= 4 is 11.9 Å². The van der Waals surface area contributed by atoms with Gasteiger partial charge in [0.25, 0.3) is 0 Å². The third-order valence-corrected chi connectivity index (χ3v) is 1.26. The Bertz CT molecular complexity index is 177. The van der Waals surface area contributed by atoms with Gasteiger partial charge in [-0.1, -0.05) is 0 Å². The van der Waals surface area contributed by atoms with E-state index >= 15 is 0 Å². The van der Waals surface area contributed by atoms with Crippen LogP contribution in [0.5, 0.6) is 0 Å². The average Bonchev–Trinajstić information content (AvgIpc) is 2.03. The van der Waals surface area contributed by atoms with Crippen LogP contribution in [0.25, 0.3) is 0 Å². The lowest BCUT2D eigenvalue weighted by molar-refractivity contribution is -0.245. The highest BCUT2D eigenvalue weighted by molar-refractivity contribution is 5.99. The van der Waals surface area contributed by atoms with Gasteiger partial charge in [0.05, 0.1) is 0 Å². The summed E-state index contributed by atoms with van der Waals surface area (Å²) in [5.74, 6) is -5.89. The number of carbonyl (C=O) groups is 2. The fourth-order valence-electron chi connectivity index (χ4n) is 0.787. The summed E-state index contributed by atoms with van der Waals surface area (Å²) in [5.41, 5.74) is 0. The van der Waals surface area contributed by atoms with Crippen LogP contribution in [0.4, 0.5) is 0 Å². The number of carboxylic acid groups (broad SMARTS) is 2. The molecule has 0 atom stereocenters. The number of aliphatic carboxylic acids is 2. The van der Waals surface area contributed by atoms with Gasteiger partial charge in [0.2, 0.25) is 0 Å². The molecule has 0 saturated heterocycles. The van der Waals surface area contributed by atoms with E-state index in [2.05, 4.69) is 9.47 Å². The van der Waals surface area contributed by atoms with Crippen molar-refractivity contribution in [2.24, 2.45) is 0 Å². The predicted molar refractivity (Wildman–Crippen MR) is 41.3 cm³/mol. The summed E-state index contributed by atoms with van der Waals surface area (Å²) in [6.07, 6.45) is 0. The minimum absolute atomic E-state index is 0.0569. The molecule has 0 aliphatic heterocycles. The van der Waals surface area contributed by atoms with E-state index in [1.54, 1.807) is 0 Å². The van der Waals surface area contributed by atoms with Crippen molar-refractivity contribution in [3.63, 3.8) is 0 Å². The molecule has 76 valence electrons. The van der Waals surface area contributed by atoms with Crippen molar-refractivity contribution in [1.82, 2.24) is 0 Å². The lowest BCUT2D eigenvalue weighted by Gasteiger charge is -2.23. The summed E-state index contributed by atoms with van der Waals surface area (Å²) >= 11 is 0. The minimum Gasteiger partial charge on any atom is -0.477 e. The van der Waals surface area contributed by atoms with Crippen LogP contribution in [0.15, 0.2) is 0 Å². The van der Waals surface area contributed by atoms with E-state index in [0.717, 1.165) is 0 Å². The van der Waals surface area contributed by atoms with Crippen LogP contribution in [0.1, 0.15) is 13.8 Å². The molecule has 2 N–H and O–H groups in total. The molecule has 0 fully saturated rings. The lowest BCUT2D eigenvalue weighted by atomic mass is 10.3. The Morgan fingerprint density at radius 3 is 1.54 bits per heavy atom. The van der Waals surface area contributed by atoms with Crippen LogP contribution in [-0.2, 0) is 19.1 Å². The first kappa shape index (κ1) is 11.9. The molecule has 0 aromatic rings. The molecule has 6 nitrogen and oxygen atoms in total. The number of rotatable bonds is 6. The minimum atomic E-state index is -2.57. The van der Waals surface area contributed by atoms with Gasteiger partial charge in [-0.05, 0) is 13.8 Å². The van der Waals surface area contributed by atoms with Crippen molar-refractivity contribution in [2.75, 3.05) is 13.2 Å². The topological polar surface area (TPSA) is 93.1 Å². The smallest absolute Gasteiger partial charge is 0.377 e. The molecule has 0 aliphatic rings. The van der Waals surface area contributed by atoms with Crippen LogP contribution < -0.4 is 0 Å². The van der Waals surface area contributed by atoms with Gasteiger partial charge in [0.1, 0.15) is 0 Å². The molecular weight excluding hydrogens is 180 g/mol. The van der Waals surface area contributed by atoms with Crippen LogP contribution in [0.3, 0.4) is 0 Å². The molecule has 0 spiro atoms. The quantitative estimate of drug-likeness (QED) is 0.451. The zero-order chi connectivity index (χ0) is 10.5. The highest BCUT2D eigenvalue weighted by Crippen LogP contribution is 2.14. The fourth-order valence-corrected chi connectivity index (χ4v) is 0.787. The van der Waals surface area contributed by atoms with Crippen LogP contribution >= 0.6 is 0 Å². The first-order valence-electron chi connectivity index (χ1n) is 3.76. The molecule has 0 aromatic carbocycles. The Morgan fingerprint density at radius 1 is 1.08 bits per heavy atom. The highest BCUT2D eigenvalue weighted by atomic mass is 16.7. The van der Waals surface area contributed by atoms with E-state index in [0.29, 0.717) is 0 Å². The Kier molecular flexibility index (Phi) is 4.36. The number of ether oxygens (including phenoxy) is 2. The maximum atomic E-state index is 10.6. The van der Waals surface area contributed by atoms with E-state index in [-0.39, 0.29) is 13.2 Å². The summed E-state index contributed by atoms with van der Waals surface area (Å²) in [6.45, 7) is 2.86. The van der Waals surface area contributed by atoms with E-state index < -0.39 is 17.7 Å². The Morgan fingerprint density at radius 2 is 1.38 bits per heavy atom. The molecule has 0 radical (unpaired) electrons. The zero-order valence-corrected chi connectivity index (χ0v) is 7.44. The van der Waals surface area contributed by atoms with Crippen LogP contribution in [0.2, 0.25) is 0 Å². The van der Waals surface area contributed by atoms with Crippen molar-refractivity contribution in [1.29, 1.82) is 0 Å². The lowest BCUT2D eigenvalue weighted by Crippen LogP contribution is -2.51. The average molecular weight is 192 g/mol. The standard InChI is InChI=1S/C7H12O6/c1-3-12-7(5(8)9,6(10)11)13-4-2/h3-4H2,1-2H3,(H,8,9)(H,10,11). The first-order chi connectivity index (χ1) is 6.01. The maximum Gasteiger partial charge on any atom is 0.377 e. The van der Waals surface area contributed by atoms with Gasteiger partial charge in [-0.15, -0.1) is 0 Å². The van der Waals surface area contributed by atoms with Gasteiger partial charge in [-0.2, -0.15) is 0 Å². The van der Waals surface area contributed by atoms with Crippen molar-refractivity contribution < 1.29 is 29.3 Å². The second-order valence-electron chi connectivity index (χ2n) is 2.09. The van der Waals surface area contributed by atoms with Gasteiger partial charge >= 0.3 is 17.7 Å². The maximum absolute atomic E-state index is 10.6. The van der Waals surface area contributed by atoms with E-state index in [1.807, 2.05) is 0 Å². The molecule has 0 amide bonds. The van der Waals surface area contributed by atoms with E-state index in [9.17, 15) is 9.59 Å². The molecule has 0 rings (SSSR count). The predicted octanol–water partition coefficient (Wildman–Crippen LogP) is -0.0751. The Hall–Kier alpha value is -1.14. The van der Waals surface area contributed by atoms with E-state index in [1.165, 1.54) is 13.8 Å². The summed E-state index contributed by atoms with van der Waals surface area (Å²) in [6, 6.07) is 0. The molecule has 0 heterocycles. The van der Waals surface area contributed by atoms with Crippen molar-refractivity contribution in [2.45, 2.75) is 19.6 Å². The molecule has 0 aromatic heterocycles. The van der Waals surface area contributed by atoms with Crippen molar-refractivity contribution in [3.05, 3.63) is 0 Å². The Labute approximate surface area is 75.1 Å². The first-order valence-corrected chi connectivity index (χ1v) is 3.76. The molecule has 0 saturated carbocycles. The van der Waals surface area contributed by atoms with Crippen LogP contribution in [-0.4, -0.2) is 41.2 Å². The van der Waals surface area contributed by atoms with Crippen molar-refractivity contribution in [3.8, 4) is 0 Å². The summed E-state index contributed by atoms with van der Waals surface area (Å²) in [5, 5.41) is 17.3. The Balaban J connectivity index is 4.80. The molecule has 13 heavy (non-hydrogen) atoms. The number of hydrogen-bond acceptors (Lipinski definition) is 4. The number of carboxylic acids is 2. The summed E-state index contributed by atoms with van der Waals surface area (Å²) in [4.78, 5) is 21.2. The van der Waals surface area contributed by atoms with Gasteiger partial charge < -0.3 is 19.7 Å². The molecular formula is C7H12O6. The normalized spacial score (nSPS) is 11.2. The summed E-state index contributed by atoms with van der Waals surface area (Å²) < 4.78 is 9.14. The molecule has 0 unspecified atom stereocenters. The van der Waals surface area contributed by atoms with Gasteiger partial charge in [-0.25, -0.2) is 9.59 Å². The molecule has 0 bridgehead atoms. The second kappa shape index (κ2) is 4.78. The van der Waals surface area contributed by atoms with Gasteiger partial charge in [0, 0.05) is 13.2 Å². The van der Waals surface area contributed by atoms with Gasteiger partial charge in [-0.3, -0.25) is 0 Å². The summed E-state index contributed by atoms with van der Waals surface area (Å²) in [7, 11) is 0. The molecule has 0 aliphatic carbocycles.